The molecule has 3 N–H and O–H groups in total. The molecule has 1 fully saturated rings. The lowest BCUT2D eigenvalue weighted by atomic mass is 9.89. The molecule has 6 nitrogen and oxygen atoms in total. The van der Waals surface area contributed by atoms with Crippen LogP contribution in [0.2, 0.25) is 0 Å². The van der Waals surface area contributed by atoms with Gasteiger partial charge < -0.3 is 20.4 Å². The molecule has 0 aromatic rings. The summed E-state index contributed by atoms with van der Waals surface area (Å²) in [6.07, 6.45) is 4.47. The normalized spacial score (nSPS) is 18.1. The quantitative estimate of drug-likeness (QED) is 0.675. The molecular formula is C12H22N2O4. The summed E-state index contributed by atoms with van der Waals surface area (Å²) >= 11 is 0. The number of hydrogen-bond acceptors (Lipinski definition) is 3. The van der Waals surface area contributed by atoms with Gasteiger partial charge in [-0.2, -0.15) is 0 Å². The highest BCUT2D eigenvalue weighted by Crippen LogP contribution is 2.23. The molecule has 1 aliphatic rings. The van der Waals surface area contributed by atoms with Crippen LogP contribution in [0.15, 0.2) is 0 Å². The van der Waals surface area contributed by atoms with E-state index in [0.717, 1.165) is 12.8 Å². The molecule has 0 spiro atoms. The third-order valence-corrected chi connectivity index (χ3v) is 3.34. The van der Waals surface area contributed by atoms with Gasteiger partial charge in [0.2, 0.25) is 0 Å². The monoisotopic (exact) mass is 258 g/mol. The highest BCUT2D eigenvalue weighted by molar-refractivity contribution is 5.76. The molecule has 0 aromatic carbocycles. The summed E-state index contributed by atoms with van der Waals surface area (Å²) < 4.78 is 0. The van der Waals surface area contributed by atoms with Gasteiger partial charge in [-0.1, -0.05) is 19.3 Å². The third-order valence-electron chi connectivity index (χ3n) is 3.34. The molecule has 1 aliphatic carbocycles. The summed E-state index contributed by atoms with van der Waals surface area (Å²) in [5.41, 5.74) is 0. The molecule has 0 radical (unpaired) electrons. The first kappa shape index (κ1) is 14.8. The lowest BCUT2D eigenvalue weighted by molar-refractivity contribution is -0.146. The topological polar surface area (TPSA) is 89.9 Å². The zero-order valence-corrected chi connectivity index (χ0v) is 10.8. The summed E-state index contributed by atoms with van der Waals surface area (Å²) in [6, 6.07) is -0.333. The van der Waals surface area contributed by atoms with Gasteiger partial charge in [-0.15, -0.1) is 0 Å². The maximum absolute atomic E-state index is 11.7. The summed E-state index contributed by atoms with van der Waals surface area (Å²) in [5, 5.41) is 19.9. The number of nitrogens with zero attached hydrogens (tertiary/aromatic N) is 1. The van der Waals surface area contributed by atoms with Gasteiger partial charge in [0, 0.05) is 13.6 Å². The van der Waals surface area contributed by atoms with E-state index in [1.54, 1.807) is 11.9 Å². The standard InChI is InChI=1S/C12H22N2O4/c1-14(8-9-5-3-2-4-6-9)12(18)13-7-10(15)11(16)17/h9-10,15H,2-8H2,1H3,(H,13,18)(H,16,17)/t10-/m0/s1. The second-order valence-electron chi connectivity index (χ2n) is 4.92. The maximum Gasteiger partial charge on any atom is 0.334 e. The molecule has 6 heteroatoms. The molecule has 0 heterocycles. The molecule has 0 saturated heterocycles. The average molecular weight is 258 g/mol. The molecule has 0 aliphatic heterocycles. The van der Waals surface area contributed by atoms with E-state index in [-0.39, 0.29) is 12.6 Å². The van der Waals surface area contributed by atoms with Crippen molar-refractivity contribution in [3.63, 3.8) is 0 Å². The Hall–Kier alpha value is -1.30. The minimum absolute atomic E-state index is 0.261. The molecule has 2 amide bonds. The second-order valence-corrected chi connectivity index (χ2v) is 4.92. The van der Waals surface area contributed by atoms with E-state index in [1.807, 2.05) is 0 Å². The zero-order chi connectivity index (χ0) is 13.5. The van der Waals surface area contributed by atoms with Crippen molar-refractivity contribution in [2.75, 3.05) is 20.1 Å². The Morgan fingerprint density at radius 2 is 1.94 bits per heavy atom. The van der Waals surface area contributed by atoms with Gasteiger partial charge in [-0.25, -0.2) is 9.59 Å². The van der Waals surface area contributed by atoms with Crippen molar-refractivity contribution in [3.05, 3.63) is 0 Å². The van der Waals surface area contributed by atoms with Crippen molar-refractivity contribution in [2.45, 2.75) is 38.2 Å². The van der Waals surface area contributed by atoms with E-state index >= 15 is 0 Å². The number of aliphatic hydroxyl groups excluding tert-OH is 1. The smallest absolute Gasteiger partial charge is 0.334 e. The number of amides is 2. The van der Waals surface area contributed by atoms with E-state index < -0.39 is 12.1 Å². The van der Waals surface area contributed by atoms with Crippen LogP contribution in [0.1, 0.15) is 32.1 Å². The number of nitrogens with one attached hydrogen (secondary N) is 1. The van der Waals surface area contributed by atoms with E-state index in [2.05, 4.69) is 5.32 Å². The largest absolute Gasteiger partial charge is 0.479 e. The fraction of sp³-hybridized carbons (Fsp3) is 0.833. The highest BCUT2D eigenvalue weighted by atomic mass is 16.4. The van der Waals surface area contributed by atoms with Crippen molar-refractivity contribution in [1.29, 1.82) is 0 Å². The number of carbonyl (C=O) groups excluding carboxylic acids is 1. The number of carboxylic acids is 1. The molecule has 0 aromatic heterocycles. The first-order chi connectivity index (χ1) is 8.50. The van der Waals surface area contributed by atoms with Crippen LogP contribution in [0.3, 0.4) is 0 Å². The highest BCUT2D eigenvalue weighted by Gasteiger charge is 2.19. The summed E-state index contributed by atoms with van der Waals surface area (Å²) in [7, 11) is 1.69. The second kappa shape index (κ2) is 7.20. The Morgan fingerprint density at radius 1 is 1.33 bits per heavy atom. The van der Waals surface area contributed by atoms with E-state index in [9.17, 15) is 9.59 Å². The van der Waals surface area contributed by atoms with E-state index in [1.165, 1.54) is 19.3 Å². The lowest BCUT2D eigenvalue weighted by Crippen LogP contribution is -2.44. The average Bonchev–Trinajstić information content (AvgIpc) is 2.36. The van der Waals surface area contributed by atoms with Crippen LogP contribution >= 0.6 is 0 Å². The summed E-state index contributed by atoms with van der Waals surface area (Å²) in [6.45, 7) is 0.429. The third kappa shape index (κ3) is 4.91. The van der Waals surface area contributed by atoms with Gasteiger partial charge in [0.05, 0.1) is 6.54 Å². The molecule has 18 heavy (non-hydrogen) atoms. The predicted molar refractivity (Wildman–Crippen MR) is 66.2 cm³/mol. The number of aliphatic hydroxyl groups is 1. The van der Waals surface area contributed by atoms with Crippen LogP contribution in [0.25, 0.3) is 0 Å². The molecule has 0 bridgehead atoms. The van der Waals surface area contributed by atoms with Crippen LogP contribution in [-0.2, 0) is 4.79 Å². The first-order valence-corrected chi connectivity index (χ1v) is 6.40. The molecule has 1 rings (SSSR count). The molecule has 1 saturated carbocycles. The van der Waals surface area contributed by atoms with Gasteiger partial charge in [0.15, 0.2) is 6.10 Å². The minimum Gasteiger partial charge on any atom is -0.479 e. The lowest BCUT2D eigenvalue weighted by Gasteiger charge is -2.27. The van der Waals surface area contributed by atoms with E-state index in [4.69, 9.17) is 10.2 Å². The van der Waals surface area contributed by atoms with Crippen LogP contribution in [0.5, 0.6) is 0 Å². The number of hydrogen-bond donors (Lipinski definition) is 3. The Bertz CT molecular complexity index is 290. The number of rotatable bonds is 5. The van der Waals surface area contributed by atoms with Crippen LogP contribution in [0.4, 0.5) is 4.79 Å². The summed E-state index contributed by atoms with van der Waals surface area (Å²) in [4.78, 5) is 23.6. The SMILES string of the molecule is CN(CC1CCCCC1)C(=O)NC[C@H](O)C(=O)O. The Balaban J connectivity index is 2.25. The number of carbonyl (C=O) groups is 2. The van der Waals surface area contributed by atoms with Crippen molar-refractivity contribution in [1.82, 2.24) is 10.2 Å². The van der Waals surface area contributed by atoms with Crippen molar-refractivity contribution < 1.29 is 19.8 Å². The zero-order valence-electron chi connectivity index (χ0n) is 10.8. The number of aliphatic carboxylic acids is 1. The fourth-order valence-corrected chi connectivity index (χ4v) is 2.25. The predicted octanol–water partition coefficient (Wildman–Crippen LogP) is 0.654. The molecule has 0 unspecified atom stereocenters. The fourth-order valence-electron chi connectivity index (χ4n) is 2.25. The Labute approximate surface area is 107 Å². The number of carboxylic acid groups (broad SMARTS) is 1. The molecule has 1 atom stereocenters. The maximum atomic E-state index is 11.7. The Morgan fingerprint density at radius 3 is 2.50 bits per heavy atom. The molecule has 104 valence electrons. The van der Waals surface area contributed by atoms with Crippen LogP contribution < -0.4 is 5.32 Å². The van der Waals surface area contributed by atoms with Crippen molar-refractivity contribution in [2.24, 2.45) is 5.92 Å². The van der Waals surface area contributed by atoms with Gasteiger partial charge in [-0.05, 0) is 18.8 Å². The van der Waals surface area contributed by atoms with Crippen molar-refractivity contribution >= 4 is 12.0 Å². The van der Waals surface area contributed by atoms with Gasteiger partial charge in [0.25, 0.3) is 0 Å². The Kier molecular flexibility index (Phi) is 5.91. The van der Waals surface area contributed by atoms with Gasteiger partial charge >= 0.3 is 12.0 Å². The van der Waals surface area contributed by atoms with Crippen molar-refractivity contribution in [3.8, 4) is 0 Å². The minimum atomic E-state index is -1.54. The molecular weight excluding hydrogens is 236 g/mol. The summed E-state index contributed by atoms with van der Waals surface area (Å²) in [5.74, 6) is -0.788. The number of urea groups is 1. The van der Waals surface area contributed by atoms with Crippen LogP contribution in [0, 0.1) is 5.92 Å². The first-order valence-electron chi connectivity index (χ1n) is 6.40. The van der Waals surface area contributed by atoms with Gasteiger partial charge in [-0.3, -0.25) is 0 Å². The van der Waals surface area contributed by atoms with Crippen LogP contribution in [-0.4, -0.2) is 53.4 Å². The van der Waals surface area contributed by atoms with Gasteiger partial charge in [0.1, 0.15) is 0 Å². The van der Waals surface area contributed by atoms with E-state index in [0.29, 0.717) is 12.5 Å².